The van der Waals surface area contributed by atoms with E-state index in [1.807, 2.05) is 33.9 Å². The first-order valence-corrected chi connectivity index (χ1v) is 22.7. The number of amides is 1. The fraction of sp³-hybridized carbons (Fsp3) is 0.580. The molecule has 9 rings (SSSR count). The average Bonchev–Trinajstić information content (AvgIpc) is 3.92. The minimum atomic E-state index is -1.76. The van der Waals surface area contributed by atoms with Gasteiger partial charge in [-0.25, -0.2) is 0 Å². The molecule has 3 N–H and O–H groups in total. The summed E-state index contributed by atoms with van der Waals surface area (Å²) in [6.45, 7) is 15.2. The van der Waals surface area contributed by atoms with Crippen molar-refractivity contribution in [2.75, 3.05) is 65.4 Å². The molecule has 12 nitrogen and oxygen atoms in total. The van der Waals surface area contributed by atoms with E-state index >= 15 is 4.79 Å². The predicted molar refractivity (Wildman–Crippen MR) is 239 cm³/mol. The largest absolute Gasteiger partial charge is 0.496 e. The lowest BCUT2D eigenvalue weighted by Crippen LogP contribution is -2.81. The van der Waals surface area contributed by atoms with Crippen LogP contribution in [0, 0.1) is 16.7 Å². The first kappa shape index (κ1) is 42.6. The summed E-state index contributed by atoms with van der Waals surface area (Å²) in [7, 11) is 5.15. The Bertz CT molecular complexity index is 2380. The number of nitrogens with one attached hydrogen (secondary N) is 2. The highest BCUT2D eigenvalue weighted by molar-refractivity contribution is 5.94. The van der Waals surface area contributed by atoms with Gasteiger partial charge in [0, 0.05) is 96.4 Å². The Kier molecular flexibility index (Phi) is 10.3. The second-order valence-corrected chi connectivity index (χ2v) is 20.1. The maximum absolute atomic E-state index is 15.4. The Balaban J connectivity index is 1.34. The van der Waals surface area contributed by atoms with E-state index in [0.717, 1.165) is 78.0 Å². The molecule has 1 aliphatic carbocycles. The van der Waals surface area contributed by atoms with Gasteiger partial charge in [-0.05, 0) is 67.8 Å². The number of hydrogen-bond acceptors (Lipinski definition) is 10. The standard InChI is InChI=1S/C50H65N5O7/c1-10-31-23-32-26-49(45(58)61-9,40-34(17-21-54(27-31)28-32)33-15-12-13-16-37(33)52-40)36-24-35-38(25-39(36)60-8)53(7)42-48(35)19-22-55-20-14-18-47(11-2,41(48)55)43(62-30(3)56)50(42,59)29-51-44(57)46(4,5)6/h12-16,18,23-25,32,41-43,52,59H,10-11,17,19-22,26-29H2,1-9H3,(H,51,57)/t32-,41-,42+,43+,47+,48+,49-,50-/m0/s1. The number of rotatable bonds is 8. The topological polar surface area (TPSA) is 137 Å². The SMILES string of the molecule is CCC1=C[C@@H]2CN(CCc3c([nH]c4ccccc34)[C@@](C(=O)OC)(c3cc4c(cc3OC)N(C)[C@H]3[C@@](O)(CNC(=O)C(C)(C)C)[C@H](OC(C)=O)[C@]5(CC)C=CCN6CC[C@]43[C@@H]65)C2)C1. The third kappa shape index (κ3) is 5.91. The van der Waals surface area contributed by atoms with Crippen LogP contribution < -0.4 is 15.0 Å². The number of esters is 2. The van der Waals surface area contributed by atoms with E-state index in [0.29, 0.717) is 31.6 Å². The molecule has 2 bridgehead atoms. The normalized spacial score (nSPS) is 33.5. The molecule has 1 saturated carbocycles. The molecule has 1 unspecified atom stereocenters. The summed E-state index contributed by atoms with van der Waals surface area (Å²) < 4.78 is 18.9. The monoisotopic (exact) mass is 847 g/mol. The molecule has 5 aliphatic heterocycles. The van der Waals surface area contributed by atoms with E-state index in [4.69, 9.17) is 14.2 Å². The molecule has 62 heavy (non-hydrogen) atoms. The fourth-order valence-electron chi connectivity index (χ4n) is 13.5. The highest BCUT2D eigenvalue weighted by Crippen LogP contribution is 2.68. The van der Waals surface area contributed by atoms with Crippen LogP contribution in [0.1, 0.15) is 89.6 Å². The molecule has 332 valence electrons. The van der Waals surface area contributed by atoms with Crippen molar-refractivity contribution in [2.45, 2.75) is 108 Å². The van der Waals surface area contributed by atoms with Crippen LogP contribution in [-0.4, -0.2) is 122 Å². The summed E-state index contributed by atoms with van der Waals surface area (Å²) in [5.41, 5.74) is 1.53. The summed E-state index contributed by atoms with van der Waals surface area (Å²) in [5.74, 6) is -0.466. The molecule has 1 amide bonds. The van der Waals surface area contributed by atoms with Crippen molar-refractivity contribution >= 4 is 34.4 Å². The lowest BCUT2D eigenvalue weighted by Gasteiger charge is -2.64. The maximum Gasteiger partial charge on any atom is 0.322 e. The van der Waals surface area contributed by atoms with Crippen LogP contribution in [0.3, 0.4) is 0 Å². The Morgan fingerprint density at radius 3 is 2.52 bits per heavy atom. The van der Waals surface area contributed by atoms with Gasteiger partial charge in [0.05, 0.1) is 26.8 Å². The van der Waals surface area contributed by atoms with Crippen LogP contribution in [0.15, 0.2) is 60.2 Å². The Hall–Kier alpha value is -4.65. The number of benzene rings is 2. The van der Waals surface area contributed by atoms with E-state index < -0.39 is 45.4 Å². The number of anilines is 1. The van der Waals surface area contributed by atoms with Crippen LogP contribution in [-0.2, 0) is 41.1 Å². The molecule has 2 aromatic carbocycles. The Labute approximate surface area is 366 Å². The molecule has 12 heteroatoms. The molecular formula is C50H65N5O7. The highest BCUT2D eigenvalue weighted by atomic mass is 16.6. The van der Waals surface area contributed by atoms with Gasteiger partial charge in [-0.15, -0.1) is 0 Å². The van der Waals surface area contributed by atoms with Gasteiger partial charge in [-0.3, -0.25) is 24.2 Å². The molecule has 3 aromatic rings. The van der Waals surface area contributed by atoms with Gasteiger partial charge < -0.3 is 34.5 Å². The second kappa shape index (κ2) is 15.0. The number of hydrogen-bond donors (Lipinski definition) is 3. The lowest BCUT2D eigenvalue weighted by molar-refractivity contribution is -0.217. The minimum absolute atomic E-state index is 0.0376. The smallest absolute Gasteiger partial charge is 0.322 e. The van der Waals surface area contributed by atoms with Crippen molar-refractivity contribution in [3.8, 4) is 5.75 Å². The average molecular weight is 848 g/mol. The van der Waals surface area contributed by atoms with Gasteiger partial charge in [0.1, 0.15) is 22.9 Å². The van der Waals surface area contributed by atoms with E-state index in [9.17, 15) is 14.7 Å². The van der Waals surface area contributed by atoms with Crippen LogP contribution in [0.4, 0.5) is 5.69 Å². The number of aliphatic hydroxyl groups is 1. The number of aromatic amines is 1. The summed E-state index contributed by atoms with van der Waals surface area (Å²) in [4.78, 5) is 53.4. The molecule has 6 aliphatic rings. The van der Waals surface area contributed by atoms with Crippen molar-refractivity contribution in [3.63, 3.8) is 0 Å². The number of carbonyl (C=O) groups excluding carboxylic acids is 3. The molecule has 0 radical (unpaired) electrons. The van der Waals surface area contributed by atoms with Gasteiger partial charge in [0.15, 0.2) is 0 Å². The zero-order valence-corrected chi connectivity index (χ0v) is 38.0. The van der Waals surface area contributed by atoms with Gasteiger partial charge in [-0.1, -0.05) is 76.6 Å². The molecule has 9 atom stereocenters. The zero-order chi connectivity index (χ0) is 44.1. The first-order valence-electron chi connectivity index (χ1n) is 22.7. The zero-order valence-electron chi connectivity index (χ0n) is 38.0. The summed E-state index contributed by atoms with van der Waals surface area (Å²) in [5, 5.41) is 18.0. The summed E-state index contributed by atoms with van der Waals surface area (Å²) in [6.07, 6.45) is 9.14. The molecule has 1 saturated heterocycles. The van der Waals surface area contributed by atoms with Crippen molar-refractivity contribution in [1.29, 1.82) is 0 Å². The molecular weight excluding hydrogens is 783 g/mol. The number of ether oxygens (including phenoxy) is 3. The number of fused-ring (bicyclic) bond motifs is 6. The van der Waals surface area contributed by atoms with Gasteiger partial charge in [0.2, 0.25) is 5.91 Å². The maximum atomic E-state index is 15.4. The van der Waals surface area contributed by atoms with Crippen molar-refractivity contribution in [3.05, 3.63) is 82.6 Å². The number of carbonyl (C=O) groups is 3. The number of methoxy groups -OCH3 is 2. The summed E-state index contributed by atoms with van der Waals surface area (Å²) in [6, 6.07) is 11.8. The second-order valence-electron chi connectivity index (χ2n) is 20.1. The van der Waals surface area contributed by atoms with E-state index in [2.05, 4.69) is 87.4 Å². The Morgan fingerprint density at radius 2 is 1.82 bits per heavy atom. The van der Waals surface area contributed by atoms with Crippen molar-refractivity contribution in [1.82, 2.24) is 20.1 Å². The predicted octanol–water partition coefficient (Wildman–Crippen LogP) is 5.79. The summed E-state index contributed by atoms with van der Waals surface area (Å²) >= 11 is 0. The number of nitrogens with zero attached hydrogens (tertiary/aromatic N) is 3. The van der Waals surface area contributed by atoms with E-state index in [-0.39, 0.29) is 30.4 Å². The number of aromatic nitrogens is 1. The number of likely N-dealkylation sites (N-methyl/N-ethyl adjacent to an activating group) is 1. The van der Waals surface area contributed by atoms with Crippen LogP contribution >= 0.6 is 0 Å². The van der Waals surface area contributed by atoms with E-state index in [1.165, 1.54) is 19.6 Å². The third-order valence-electron chi connectivity index (χ3n) is 15.9. The quantitative estimate of drug-likeness (QED) is 0.189. The van der Waals surface area contributed by atoms with Crippen LogP contribution in [0.5, 0.6) is 5.75 Å². The molecule has 1 aromatic heterocycles. The van der Waals surface area contributed by atoms with Crippen LogP contribution in [0.25, 0.3) is 10.9 Å². The van der Waals surface area contributed by atoms with Crippen LogP contribution in [0.2, 0.25) is 0 Å². The lowest BCUT2D eigenvalue weighted by atomic mass is 9.47. The third-order valence-corrected chi connectivity index (χ3v) is 15.9. The molecule has 2 fully saturated rings. The van der Waals surface area contributed by atoms with Gasteiger partial charge in [0.25, 0.3) is 0 Å². The highest BCUT2D eigenvalue weighted by Gasteiger charge is 2.78. The number of para-hydroxylation sites is 1. The Morgan fingerprint density at radius 1 is 1.05 bits per heavy atom. The minimum Gasteiger partial charge on any atom is -0.496 e. The van der Waals surface area contributed by atoms with Gasteiger partial charge >= 0.3 is 11.9 Å². The molecule has 6 heterocycles. The van der Waals surface area contributed by atoms with Crippen molar-refractivity contribution < 1.29 is 33.7 Å². The number of H-pyrrole nitrogens is 1. The first-order chi connectivity index (χ1) is 29.5. The fourth-order valence-corrected chi connectivity index (χ4v) is 13.5. The van der Waals surface area contributed by atoms with Gasteiger partial charge in [-0.2, -0.15) is 0 Å². The van der Waals surface area contributed by atoms with Crippen molar-refractivity contribution in [2.24, 2.45) is 16.7 Å². The van der Waals surface area contributed by atoms with E-state index in [1.54, 1.807) is 7.11 Å². The molecule has 1 spiro atoms.